The van der Waals surface area contributed by atoms with Crippen LogP contribution < -0.4 is 0 Å². The molecule has 2 aliphatic carbocycles. The quantitative estimate of drug-likeness (QED) is 0.696. The number of hydrogen-bond acceptors (Lipinski definition) is 0. The minimum atomic E-state index is 0.955. The molecule has 1 heterocycles. The van der Waals surface area contributed by atoms with Gasteiger partial charge in [-0.15, -0.1) is 0 Å². The van der Waals surface area contributed by atoms with Gasteiger partial charge in [0.2, 0.25) is 0 Å². The third-order valence-corrected chi connectivity index (χ3v) is 4.53. The lowest BCUT2D eigenvalue weighted by Gasteiger charge is -2.32. The molecule has 1 nitrogen and oxygen atoms in total. The first-order chi connectivity index (χ1) is 8.42. The van der Waals surface area contributed by atoms with Gasteiger partial charge in [0.1, 0.15) is 0 Å². The standard InChI is InChI=1S/C14H21N.C2H6/c1-2-9-15(8-1)11-12-6-7-13-4-3-5-14(13)10-12;1-2/h1-2,8-9,12-14H,3-7,10-11H2;1-2H3. The molecule has 2 aliphatic rings. The van der Waals surface area contributed by atoms with Crippen LogP contribution in [0.25, 0.3) is 0 Å². The second-order valence-corrected chi connectivity index (χ2v) is 5.51. The zero-order valence-corrected chi connectivity index (χ0v) is 11.4. The molecule has 0 aromatic carbocycles. The summed E-state index contributed by atoms with van der Waals surface area (Å²) in [4.78, 5) is 0. The van der Waals surface area contributed by atoms with Crippen molar-refractivity contribution in [3.8, 4) is 0 Å². The monoisotopic (exact) mass is 233 g/mol. The maximum Gasteiger partial charge on any atom is 0.0248 e. The van der Waals surface area contributed by atoms with Crippen LogP contribution in [0.2, 0.25) is 0 Å². The van der Waals surface area contributed by atoms with Crippen LogP contribution in [0.15, 0.2) is 24.5 Å². The normalized spacial score (nSPS) is 31.5. The summed E-state index contributed by atoms with van der Waals surface area (Å²) in [5.74, 6) is 3.14. The van der Waals surface area contributed by atoms with Gasteiger partial charge in [-0.2, -0.15) is 0 Å². The average molecular weight is 233 g/mol. The average Bonchev–Trinajstić information content (AvgIpc) is 3.02. The molecule has 3 rings (SSSR count). The number of aromatic nitrogens is 1. The van der Waals surface area contributed by atoms with Gasteiger partial charge in [-0.3, -0.25) is 0 Å². The Labute approximate surface area is 106 Å². The maximum atomic E-state index is 2.36. The van der Waals surface area contributed by atoms with E-state index in [2.05, 4.69) is 29.1 Å². The van der Waals surface area contributed by atoms with E-state index in [1.54, 1.807) is 0 Å². The topological polar surface area (TPSA) is 4.93 Å². The summed E-state index contributed by atoms with van der Waals surface area (Å²) in [5, 5.41) is 0. The first kappa shape index (κ1) is 12.7. The summed E-state index contributed by atoms with van der Waals surface area (Å²) >= 11 is 0. The first-order valence-corrected chi connectivity index (χ1v) is 7.52. The molecular formula is C16H27N. The van der Waals surface area contributed by atoms with Crippen LogP contribution in [0.4, 0.5) is 0 Å². The first-order valence-electron chi connectivity index (χ1n) is 7.52. The zero-order chi connectivity index (χ0) is 12.1. The van der Waals surface area contributed by atoms with E-state index in [9.17, 15) is 0 Å². The van der Waals surface area contributed by atoms with Crippen LogP contribution in [0.3, 0.4) is 0 Å². The summed E-state index contributed by atoms with van der Waals surface area (Å²) < 4.78 is 2.36. The molecule has 3 atom stereocenters. The molecule has 2 saturated carbocycles. The highest BCUT2D eigenvalue weighted by Crippen LogP contribution is 2.44. The van der Waals surface area contributed by atoms with Gasteiger partial charge in [-0.05, 0) is 49.1 Å². The molecule has 0 radical (unpaired) electrons. The lowest BCUT2D eigenvalue weighted by atomic mass is 9.76. The Kier molecular flexibility index (Phi) is 4.70. The second-order valence-electron chi connectivity index (χ2n) is 5.51. The molecule has 1 heteroatoms. The van der Waals surface area contributed by atoms with Gasteiger partial charge < -0.3 is 4.57 Å². The van der Waals surface area contributed by atoms with Crippen molar-refractivity contribution in [2.24, 2.45) is 17.8 Å². The van der Waals surface area contributed by atoms with E-state index in [4.69, 9.17) is 0 Å². The van der Waals surface area contributed by atoms with E-state index in [-0.39, 0.29) is 0 Å². The minimum Gasteiger partial charge on any atom is -0.354 e. The lowest BCUT2D eigenvalue weighted by Crippen LogP contribution is -2.23. The molecule has 17 heavy (non-hydrogen) atoms. The van der Waals surface area contributed by atoms with Gasteiger partial charge >= 0.3 is 0 Å². The third-order valence-electron chi connectivity index (χ3n) is 4.53. The molecule has 0 amide bonds. The van der Waals surface area contributed by atoms with Gasteiger partial charge in [-0.1, -0.05) is 33.1 Å². The maximum absolute atomic E-state index is 2.36. The summed E-state index contributed by atoms with van der Waals surface area (Å²) in [6.07, 6.45) is 13.5. The van der Waals surface area contributed by atoms with Gasteiger partial charge in [0.25, 0.3) is 0 Å². The van der Waals surface area contributed by atoms with Crippen LogP contribution in [0, 0.1) is 17.8 Å². The Morgan fingerprint density at radius 2 is 1.65 bits per heavy atom. The molecule has 0 N–H and O–H groups in total. The summed E-state index contributed by atoms with van der Waals surface area (Å²) in [6, 6.07) is 4.28. The molecule has 0 bridgehead atoms. The number of nitrogens with zero attached hydrogens (tertiary/aromatic N) is 1. The summed E-state index contributed by atoms with van der Waals surface area (Å²) in [5.41, 5.74) is 0. The van der Waals surface area contributed by atoms with Crippen molar-refractivity contribution < 1.29 is 0 Å². The molecule has 1 aromatic rings. The van der Waals surface area contributed by atoms with E-state index in [0.29, 0.717) is 0 Å². The number of rotatable bonds is 2. The highest BCUT2D eigenvalue weighted by Gasteiger charge is 2.33. The highest BCUT2D eigenvalue weighted by molar-refractivity contribution is 4.92. The van der Waals surface area contributed by atoms with Crippen molar-refractivity contribution in [3.63, 3.8) is 0 Å². The van der Waals surface area contributed by atoms with Crippen LogP contribution in [0.5, 0.6) is 0 Å². The Morgan fingerprint density at radius 1 is 0.941 bits per heavy atom. The van der Waals surface area contributed by atoms with Crippen LogP contribution >= 0.6 is 0 Å². The van der Waals surface area contributed by atoms with Gasteiger partial charge in [-0.25, -0.2) is 0 Å². The van der Waals surface area contributed by atoms with Crippen molar-refractivity contribution in [2.45, 2.75) is 58.9 Å². The fraction of sp³-hybridized carbons (Fsp3) is 0.750. The summed E-state index contributed by atoms with van der Waals surface area (Å²) in [6.45, 7) is 5.26. The third kappa shape index (κ3) is 3.14. The number of fused-ring (bicyclic) bond motifs is 1. The molecular weight excluding hydrogens is 206 g/mol. The molecule has 0 aliphatic heterocycles. The fourth-order valence-corrected chi connectivity index (χ4v) is 3.76. The van der Waals surface area contributed by atoms with Gasteiger partial charge in [0.15, 0.2) is 0 Å². The number of hydrogen-bond donors (Lipinski definition) is 0. The highest BCUT2D eigenvalue weighted by atomic mass is 14.9. The largest absolute Gasteiger partial charge is 0.354 e. The Hall–Kier alpha value is -0.720. The predicted molar refractivity (Wildman–Crippen MR) is 74.0 cm³/mol. The van der Waals surface area contributed by atoms with E-state index in [1.807, 2.05) is 13.8 Å². The van der Waals surface area contributed by atoms with E-state index in [0.717, 1.165) is 17.8 Å². The van der Waals surface area contributed by atoms with E-state index >= 15 is 0 Å². The van der Waals surface area contributed by atoms with Gasteiger partial charge in [0, 0.05) is 18.9 Å². The summed E-state index contributed by atoms with van der Waals surface area (Å²) in [7, 11) is 0. The second kappa shape index (κ2) is 6.28. The molecule has 1 aromatic heterocycles. The van der Waals surface area contributed by atoms with Crippen LogP contribution in [-0.4, -0.2) is 4.57 Å². The van der Waals surface area contributed by atoms with Crippen molar-refractivity contribution in [1.82, 2.24) is 4.57 Å². The molecule has 0 saturated heterocycles. The molecule has 0 spiro atoms. The Bertz CT molecular complexity index is 301. The van der Waals surface area contributed by atoms with Crippen molar-refractivity contribution in [2.75, 3.05) is 0 Å². The minimum absolute atomic E-state index is 0.955. The predicted octanol–water partition coefficient (Wildman–Crippen LogP) is 4.73. The SMILES string of the molecule is CC.c1ccn(CC2CCC3CCCC3C2)c1. The fourth-order valence-electron chi connectivity index (χ4n) is 3.76. The Balaban J connectivity index is 0.000000514. The molecule has 3 unspecified atom stereocenters. The molecule has 2 fully saturated rings. The molecule has 96 valence electrons. The van der Waals surface area contributed by atoms with Crippen molar-refractivity contribution in [1.29, 1.82) is 0 Å². The Morgan fingerprint density at radius 3 is 2.41 bits per heavy atom. The van der Waals surface area contributed by atoms with E-state index in [1.165, 1.54) is 45.1 Å². The van der Waals surface area contributed by atoms with Gasteiger partial charge in [0.05, 0.1) is 0 Å². The lowest BCUT2D eigenvalue weighted by molar-refractivity contribution is 0.192. The van der Waals surface area contributed by atoms with E-state index < -0.39 is 0 Å². The van der Waals surface area contributed by atoms with Crippen molar-refractivity contribution >= 4 is 0 Å². The van der Waals surface area contributed by atoms with Crippen LogP contribution in [0.1, 0.15) is 52.4 Å². The van der Waals surface area contributed by atoms with Crippen LogP contribution in [-0.2, 0) is 6.54 Å². The zero-order valence-electron chi connectivity index (χ0n) is 11.4. The smallest absolute Gasteiger partial charge is 0.0248 e. The van der Waals surface area contributed by atoms with Crippen molar-refractivity contribution in [3.05, 3.63) is 24.5 Å².